The van der Waals surface area contributed by atoms with Crippen LogP contribution in [0, 0.1) is 11.3 Å². The molecule has 0 radical (unpaired) electrons. The molecule has 2 aliphatic heterocycles. The first-order valence-corrected chi connectivity index (χ1v) is 8.28. The van der Waals surface area contributed by atoms with Crippen LogP contribution >= 0.6 is 0 Å². The quantitative estimate of drug-likeness (QED) is 0.698. The molecule has 0 aromatic rings. The lowest BCUT2D eigenvalue weighted by atomic mass is 9.58. The van der Waals surface area contributed by atoms with Crippen molar-refractivity contribution in [3.05, 3.63) is 11.1 Å². The van der Waals surface area contributed by atoms with Gasteiger partial charge in [0.25, 0.3) is 0 Å². The summed E-state index contributed by atoms with van der Waals surface area (Å²) in [4.78, 5) is 0. The Morgan fingerprint density at radius 3 is 2.67 bits per heavy atom. The minimum atomic E-state index is -0.665. The highest BCUT2D eigenvalue weighted by Gasteiger charge is 2.59. The van der Waals surface area contributed by atoms with Gasteiger partial charge in [-0.2, -0.15) is 0 Å². The molecule has 0 unspecified atom stereocenters. The summed E-state index contributed by atoms with van der Waals surface area (Å²) in [6.07, 6.45) is 4.89. The van der Waals surface area contributed by atoms with E-state index in [0.29, 0.717) is 13.0 Å². The normalized spacial score (nSPS) is 48.6. The largest absolute Gasteiger partial charge is 0.368 e. The van der Waals surface area contributed by atoms with Gasteiger partial charge < -0.3 is 19.3 Å². The summed E-state index contributed by atoms with van der Waals surface area (Å²) in [6.45, 7) is 6.91. The second-order valence-corrected chi connectivity index (χ2v) is 7.76. The maximum absolute atomic E-state index is 9.97. The fourth-order valence-electron chi connectivity index (χ4n) is 4.98. The molecule has 2 fully saturated rings. The van der Waals surface area contributed by atoms with Gasteiger partial charge in [-0.15, -0.1) is 0 Å². The summed E-state index contributed by atoms with van der Waals surface area (Å²) >= 11 is 0. The fourth-order valence-corrected chi connectivity index (χ4v) is 4.98. The Morgan fingerprint density at radius 1 is 1.10 bits per heavy atom. The van der Waals surface area contributed by atoms with E-state index < -0.39 is 12.1 Å². The third kappa shape index (κ3) is 2.03. The zero-order chi connectivity index (χ0) is 14.8. The zero-order valence-electron chi connectivity index (χ0n) is 13.2. The molecule has 5 atom stereocenters. The molecule has 4 rings (SSSR count). The lowest BCUT2D eigenvalue weighted by molar-refractivity contribution is -0.207. The minimum Gasteiger partial charge on any atom is -0.368 e. The van der Waals surface area contributed by atoms with Crippen LogP contribution in [0.5, 0.6) is 0 Å². The van der Waals surface area contributed by atoms with E-state index in [9.17, 15) is 5.11 Å². The smallest absolute Gasteiger partial charge is 0.164 e. The van der Waals surface area contributed by atoms with E-state index >= 15 is 0 Å². The van der Waals surface area contributed by atoms with Gasteiger partial charge in [-0.3, -0.25) is 0 Å². The predicted molar refractivity (Wildman–Crippen MR) is 77.5 cm³/mol. The van der Waals surface area contributed by atoms with Crippen LogP contribution in [0.1, 0.15) is 52.9 Å². The van der Waals surface area contributed by atoms with Crippen LogP contribution in [-0.2, 0) is 14.2 Å². The summed E-state index contributed by atoms with van der Waals surface area (Å²) in [5, 5.41) is 9.97. The molecule has 2 heterocycles. The highest BCUT2D eigenvalue weighted by atomic mass is 16.8. The van der Waals surface area contributed by atoms with E-state index in [0.717, 1.165) is 12.8 Å². The zero-order valence-corrected chi connectivity index (χ0v) is 13.2. The summed E-state index contributed by atoms with van der Waals surface area (Å²) in [7, 11) is 0. The molecule has 2 saturated heterocycles. The molecular formula is C17H26O4. The number of rotatable bonds is 0. The number of aliphatic hydroxyl groups is 1. The lowest BCUT2D eigenvalue weighted by Gasteiger charge is -2.53. The standard InChI is InChI=1S/C17H26O4/c1-16(2)20-14-10-6-4-5-7-11(10)17(3)9-19-13(18)8-12(17)15(14)21-16/h12-15,18H,4-9H2,1-3H3/t12-,13+,14+,15-,17+/m0/s1. The number of fused-ring (bicyclic) bond motifs is 5. The molecule has 0 aromatic heterocycles. The van der Waals surface area contributed by atoms with Gasteiger partial charge in [-0.05, 0) is 45.1 Å². The monoisotopic (exact) mass is 294 g/mol. The first kappa shape index (κ1) is 14.2. The lowest BCUT2D eigenvalue weighted by Crippen LogP contribution is -2.55. The van der Waals surface area contributed by atoms with Crippen molar-refractivity contribution < 1.29 is 19.3 Å². The molecule has 4 nitrogen and oxygen atoms in total. The van der Waals surface area contributed by atoms with E-state index in [1.807, 2.05) is 13.8 Å². The minimum absolute atomic E-state index is 0.0000694. The van der Waals surface area contributed by atoms with Crippen molar-refractivity contribution in [2.75, 3.05) is 6.61 Å². The van der Waals surface area contributed by atoms with Gasteiger partial charge in [0, 0.05) is 17.8 Å². The molecule has 4 heteroatoms. The second kappa shape index (κ2) is 4.54. The molecule has 21 heavy (non-hydrogen) atoms. The van der Waals surface area contributed by atoms with Crippen LogP contribution in [-0.4, -0.2) is 36.0 Å². The number of ether oxygens (including phenoxy) is 3. The van der Waals surface area contributed by atoms with Crippen molar-refractivity contribution in [2.24, 2.45) is 11.3 Å². The van der Waals surface area contributed by atoms with Crippen LogP contribution in [0.15, 0.2) is 11.1 Å². The van der Waals surface area contributed by atoms with E-state index in [1.54, 1.807) is 0 Å². The Hall–Kier alpha value is -0.420. The topological polar surface area (TPSA) is 47.9 Å². The highest BCUT2D eigenvalue weighted by molar-refractivity contribution is 5.35. The number of aliphatic hydroxyl groups excluding tert-OH is 1. The van der Waals surface area contributed by atoms with E-state index in [-0.39, 0.29) is 23.5 Å². The van der Waals surface area contributed by atoms with E-state index in [2.05, 4.69) is 6.92 Å². The molecule has 0 amide bonds. The first-order chi connectivity index (χ1) is 9.91. The molecule has 0 saturated carbocycles. The second-order valence-electron chi connectivity index (χ2n) is 7.76. The van der Waals surface area contributed by atoms with Gasteiger partial charge >= 0.3 is 0 Å². The summed E-state index contributed by atoms with van der Waals surface area (Å²) in [5.41, 5.74) is 3.00. The Labute approximate surface area is 126 Å². The van der Waals surface area contributed by atoms with Crippen molar-refractivity contribution in [3.8, 4) is 0 Å². The van der Waals surface area contributed by atoms with Crippen LogP contribution < -0.4 is 0 Å². The van der Waals surface area contributed by atoms with Crippen molar-refractivity contribution in [3.63, 3.8) is 0 Å². The highest BCUT2D eigenvalue weighted by Crippen LogP contribution is 2.57. The first-order valence-electron chi connectivity index (χ1n) is 8.28. The molecule has 2 aliphatic carbocycles. The van der Waals surface area contributed by atoms with Crippen LogP contribution in [0.2, 0.25) is 0 Å². The molecule has 0 aromatic carbocycles. The van der Waals surface area contributed by atoms with Crippen molar-refractivity contribution >= 4 is 0 Å². The van der Waals surface area contributed by atoms with Crippen LogP contribution in [0.3, 0.4) is 0 Å². The van der Waals surface area contributed by atoms with Crippen LogP contribution in [0.4, 0.5) is 0 Å². The van der Waals surface area contributed by atoms with Crippen molar-refractivity contribution in [2.45, 2.75) is 77.2 Å². The molecule has 1 N–H and O–H groups in total. The van der Waals surface area contributed by atoms with Crippen molar-refractivity contribution in [1.82, 2.24) is 0 Å². The molecule has 0 spiro atoms. The Balaban J connectivity index is 1.81. The third-order valence-electron chi connectivity index (χ3n) is 5.92. The van der Waals surface area contributed by atoms with Gasteiger partial charge in [0.15, 0.2) is 12.1 Å². The van der Waals surface area contributed by atoms with Gasteiger partial charge in [-0.1, -0.05) is 12.5 Å². The van der Waals surface area contributed by atoms with Gasteiger partial charge in [0.05, 0.1) is 12.7 Å². The third-order valence-corrected chi connectivity index (χ3v) is 5.92. The number of hydrogen-bond acceptors (Lipinski definition) is 4. The average molecular weight is 294 g/mol. The van der Waals surface area contributed by atoms with E-state index in [1.165, 1.54) is 24.0 Å². The number of hydrogen-bond donors (Lipinski definition) is 1. The maximum Gasteiger partial charge on any atom is 0.164 e. The maximum atomic E-state index is 9.97. The van der Waals surface area contributed by atoms with Crippen LogP contribution in [0.25, 0.3) is 0 Å². The fraction of sp³-hybridized carbons (Fsp3) is 0.882. The average Bonchev–Trinajstić information content (AvgIpc) is 2.77. The van der Waals surface area contributed by atoms with Gasteiger partial charge in [0.1, 0.15) is 6.10 Å². The Morgan fingerprint density at radius 2 is 1.86 bits per heavy atom. The summed E-state index contributed by atoms with van der Waals surface area (Å²) in [6, 6.07) is 0. The van der Waals surface area contributed by atoms with Gasteiger partial charge in [-0.25, -0.2) is 0 Å². The Kier molecular flexibility index (Phi) is 3.07. The molecule has 118 valence electrons. The predicted octanol–water partition coefficient (Wildman–Crippen LogP) is 2.75. The SMILES string of the molecule is CC1(C)O[C@@H]2[C@H](O1)C1=C(CCCC1)[C@@]1(C)CO[C@@H](O)C[C@@H]21. The van der Waals surface area contributed by atoms with E-state index in [4.69, 9.17) is 14.2 Å². The molecular weight excluding hydrogens is 268 g/mol. The van der Waals surface area contributed by atoms with Crippen molar-refractivity contribution in [1.29, 1.82) is 0 Å². The summed E-state index contributed by atoms with van der Waals surface area (Å²) in [5.74, 6) is -0.246. The molecule has 4 aliphatic rings. The van der Waals surface area contributed by atoms with Gasteiger partial charge in [0.2, 0.25) is 0 Å². The Bertz CT molecular complexity index is 483. The summed E-state index contributed by atoms with van der Waals surface area (Å²) < 4.78 is 18.1. The molecule has 0 bridgehead atoms.